The minimum absolute atomic E-state index is 0.0801. The number of halogens is 4. The number of piperazine rings is 1. The van der Waals surface area contributed by atoms with Crippen LogP contribution in [0.5, 0.6) is 5.88 Å². The molecular formula is C27H25ClF3N7O4S. The molecule has 1 aromatic carbocycles. The Morgan fingerprint density at radius 2 is 1.72 bits per heavy atom. The van der Waals surface area contributed by atoms with Gasteiger partial charge in [-0.3, -0.25) is 0 Å². The van der Waals surface area contributed by atoms with Gasteiger partial charge in [0.15, 0.2) is 5.65 Å². The van der Waals surface area contributed by atoms with Crippen molar-refractivity contribution in [2.75, 3.05) is 37.7 Å². The molecule has 5 rings (SSSR count). The molecule has 43 heavy (non-hydrogen) atoms. The molecule has 0 atom stereocenters. The lowest BCUT2D eigenvalue weighted by Gasteiger charge is -2.35. The minimum atomic E-state index is -5.49. The first-order valence-electron chi connectivity index (χ1n) is 12.9. The first kappa shape index (κ1) is 30.5. The van der Waals surface area contributed by atoms with Crippen molar-refractivity contribution in [2.24, 2.45) is 0 Å². The highest BCUT2D eigenvalue weighted by Crippen LogP contribution is 2.38. The number of pyridine rings is 1. The predicted molar refractivity (Wildman–Crippen MR) is 152 cm³/mol. The summed E-state index contributed by atoms with van der Waals surface area (Å²) in [6.45, 7) is 2.00. The molecule has 0 bridgehead atoms. The van der Waals surface area contributed by atoms with Crippen molar-refractivity contribution in [3.05, 3.63) is 59.4 Å². The van der Waals surface area contributed by atoms with E-state index in [0.717, 1.165) is 0 Å². The summed E-state index contributed by atoms with van der Waals surface area (Å²) in [5.41, 5.74) is -3.87. The average Bonchev–Trinajstić information content (AvgIpc) is 3.34. The van der Waals surface area contributed by atoms with Gasteiger partial charge in [0.1, 0.15) is 29.9 Å². The number of anilines is 1. The summed E-state index contributed by atoms with van der Waals surface area (Å²) in [4.78, 5) is 10.5. The fraction of sp³-hybridized carbons (Fsp3) is 0.333. The summed E-state index contributed by atoms with van der Waals surface area (Å²) in [6.07, 6.45) is 1.49. The van der Waals surface area contributed by atoms with Gasteiger partial charge < -0.3 is 14.7 Å². The number of hydrogen-bond donors (Lipinski definition) is 1. The summed E-state index contributed by atoms with van der Waals surface area (Å²) >= 11 is 6.14. The highest BCUT2D eigenvalue weighted by atomic mass is 35.5. The molecule has 1 fully saturated rings. The molecule has 226 valence electrons. The third kappa shape index (κ3) is 6.23. The molecule has 4 aromatic rings. The van der Waals surface area contributed by atoms with Crippen LogP contribution in [0.1, 0.15) is 19.5 Å². The fourth-order valence-electron chi connectivity index (χ4n) is 4.52. The van der Waals surface area contributed by atoms with Gasteiger partial charge in [0.05, 0.1) is 11.2 Å². The lowest BCUT2D eigenvalue weighted by Crippen LogP contribution is -2.52. The van der Waals surface area contributed by atoms with Crippen LogP contribution in [0.3, 0.4) is 0 Å². The second kappa shape index (κ2) is 11.3. The predicted octanol–water partition coefficient (Wildman–Crippen LogP) is 4.10. The number of benzene rings is 1. The molecular weight excluding hydrogens is 611 g/mol. The van der Waals surface area contributed by atoms with Crippen LogP contribution in [0.15, 0.2) is 48.7 Å². The van der Waals surface area contributed by atoms with Gasteiger partial charge in [0.2, 0.25) is 5.88 Å². The van der Waals surface area contributed by atoms with Gasteiger partial charge in [-0.1, -0.05) is 23.7 Å². The number of rotatable bonds is 7. The largest absolute Gasteiger partial charge is 0.511 e. The molecule has 0 saturated carbocycles. The van der Waals surface area contributed by atoms with Crippen LogP contribution in [0.25, 0.3) is 28.0 Å². The number of fused-ring (bicyclic) bond motifs is 1. The summed E-state index contributed by atoms with van der Waals surface area (Å²) < 4.78 is 71.3. The van der Waals surface area contributed by atoms with Crippen molar-refractivity contribution < 1.29 is 31.4 Å². The van der Waals surface area contributed by atoms with Gasteiger partial charge in [-0.2, -0.15) is 37.3 Å². The molecule has 3 aromatic heterocycles. The zero-order chi connectivity index (χ0) is 31.2. The Hall–Kier alpha value is -3.97. The molecule has 0 spiro atoms. The Bertz CT molecular complexity index is 1790. The van der Waals surface area contributed by atoms with Crippen LogP contribution < -0.4 is 9.64 Å². The van der Waals surface area contributed by atoms with Crippen molar-refractivity contribution in [1.82, 2.24) is 23.9 Å². The summed E-state index contributed by atoms with van der Waals surface area (Å²) in [7, 11) is -5.49. The first-order chi connectivity index (χ1) is 20.2. The molecule has 11 nitrogen and oxygen atoms in total. The molecule has 16 heteroatoms. The van der Waals surface area contributed by atoms with E-state index < -0.39 is 34.2 Å². The van der Waals surface area contributed by atoms with Gasteiger partial charge in [-0.25, -0.2) is 13.4 Å². The minimum Gasteiger partial charge on any atom is -0.474 e. The number of alkyl halides is 3. The van der Waals surface area contributed by atoms with Gasteiger partial charge in [-0.05, 0) is 43.7 Å². The van der Waals surface area contributed by atoms with E-state index in [4.69, 9.17) is 21.4 Å². The molecule has 1 saturated heterocycles. The van der Waals surface area contributed by atoms with Gasteiger partial charge in [0.25, 0.3) is 0 Å². The van der Waals surface area contributed by atoms with Gasteiger partial charge >= 0.3 is 15.5 Å². The second-order valence-electron chi connectivity index (χ2n) is 10.4. The van der Waals surface area contributed by atoms with Crippen LogP contribution in [0, 0.1) is 11.3 Å². The zero-order valence-corrected chi connectivity index (χ0v) is 24.4. The number of nitriles is 1. The Kier molecular flexibility index (Phi) is 7.99. The topological polar surface area (TPSA) is 137 Å². The SMILES string of the molecule is CC(C)(O)COc1cc(N2CCN(S(=O)(=O)C(F)(F)F)CC2)n2nc(-c3ccc(C#N)nc3)c(-c3ccc(Cl)cc3)c2n1. The highest BCUT2D eigenvalue weighted by Gasteiger charge is 2.50. The van der Waals surface area contributed by atoms with E-state index >= 15 is 0 Å². The van der Waals surface area contributed by atoms with E-state index in [2.05, 4.69) is 9.97 Å². The van der Waals surface area contributed by atoms with Gasteiger partial charge in [-0.15, -0.1) is 0 Å². The first-order valence-corrected chi connectivity index (χ1v) is 14.7. The van der Waals surface area contributed by atoms with Crippen LogP contribution in [-0.4, -0.2) is 81.3 Å². The molecule has 0 aliphatic carbocycles. The Balaban J connectivity index is 1.67. The zero-order valence-electron chi connectivity index (χ0n) is 22.9. The van der Waals surface area contributed by atoms with Crippen LogP contribution in [-0.2, 0) is 10.0 Å². The third-order valence-corrected chi connectivity index (χ3v) is 8.48. The van der Waals surface area contributed by atoms with Crippen molar-refractivity contribution in [3.8, 4) is 34.3 Å². The molecule has 4 heterocycles. The number of sulfonamides is 1. The number of aliphatic hydroxyl groups is 1. The Morgan fingerprint density at radius 3 is 2.28 bits per heavy atom. The maximum absolute atomic E-state index is 13.2. The smallest absolute Gasteiger partial charge is 0.474 e. The average molecular weight is 636 g/mol. The Morgan fingerprint density at radius 1 is 1.07 bits per heavy atom. The molecule has 0 unspecified atom stereocenters. The van der Waals surface area contributed by atoms with Crippen molar-refractivity contribution in [1.29, 1.82) is 5.26 Å². The molecule has 0 amide bonds. The summed E-state index contributed by atoms with van der Waals surface area (Å²) in [5, 5.41) is 24.8. The quantitative estimate of drug-likeness (QED) is 0.318. The third-order valence-electron chi connectivity index (χ3n) is 6.60. The standard InChI is InChI=1S/C27H25ClF3N7O4S/c1-26(2,39)16-42-21-13-22(36-9-11-37(12-10-36)43(40,41)27(29,30)31)38-25(34-21)23(17-3-6-19(28)7-4-17)24(35-38)18-5-8-20(14-32)33-15-18/h3-8,13,15,39H,9-12,16H2,1-2H3. The van der Waals surface area contributed by atoms with Crippen LogP contribution in [0.2, 0.25) is 5.02 Å². The van der Waals surface area contributed by atoms with E-state index in [0.29, 0.717) is 43.2 Å². The molecule has 1 N–H and O–H groups in total. The number of aromatic nitrogens is 4. The van der Waals surface area contributed by atoms with Crippen molar-refractivity contribution >= 4 is 33.1 Å². The van der Waals surface area contributed by atoms with Crippen molar-refractivity contribution in [2.45, 2.75) is 25.0 Å². The lowest BCUT2D eigenvalue weighted by atomic mass is 10.0. The summed E-state index contributed by atoms with van der Waals surface area (Å²) in [5.74, 6) is 0.484. The van der Waals surface area contributed by atoms with Crippen molar-refractivity contribution in [3.63, 3.8) is 0 Å². The number of ether oxygens (including phenoxy) is 1. The monoisotopic (exact) mass is 635 g/mol. The maximum Gasteiger partial charge on any atom is 0.511 e. The van der Waals surface area contributed by atoms with E-state index in [-0.39, 0.29) is 31.3 Å². The van der Waals surface area contributed by atoms with Crippen LogP contribution >= 0.6 is 11.6 Å². The highest BCUT2D eigenvalue weighted by molar-refractivity contribution is 7.90. The molecule has 1 aliphatic heterocycles. The second-order valence-corrected chi connectivity index (χ2v) is 12.8. The van der Waals surface area contributed by atoms with Gasteiger partial charge in [0, 0.05) is 49.0 Å². The molecule has 1 aliphatic rings. The number of hydrogen-bond acceptors (Lipinski definition) is 9. The van der Waals surface area contributed by atoms with E-state index in [1.807, 2.05) is 6.07 Å². The van der Waals surface area contributed by atoms with E-state index in [1.165, 1.54) is 22.8 Å². The normalized spacial score (nSPS) is 15.1. The Labute approximate surface area is 249 Å². The van der Waals surface area contributed by atoms with Crippen LogP contribution in [0.4, 0.5) is 19.0 Å². The fourth-order valence-corrected chi connectivity index (χ4v) is 5.58. The maximum atomic E-state index is 13.2. The number of nitrogens with zero attached hydrogens (tertiary/aromatic N) is 7. The summed E-state index contributed by atoms with van der Waals surface area (Å²) in [6, 6.07) is 13.6. The molecule has 0 radical (unpaired) electrons. The van der Waals surface area contributed by atoms with E-state index in [9.17, 15) is 32.0 Å². The van der Waals surface area contributed by atoms with E-state index in [1.54, 1.807) is 49.1 Å². The lowest BCUT2D eigenvalue weighted by molar-refractivity contribution is -0.0490.